The zero-order valence-corrected chi connectivity index (χ0v) is 11.0. The molecule has 2 unspecified atom stereocenters. The fourth-order valence-corrected chi connectivity index (χ4v) is 1.56. The van der Waals surface area contributed by atoms with Gasteiger partial charge in [-0.3, -0.25) is 4.79 Å². The number of aromatic hydroxyl groups is 1. The molecule has 0 aliphatic carbocycles. The van der Waals surface area contributed by atoms with Crippen LogP contribution in [0.5, 0.6) is 5.75 Å². The van der Waals surface area contributed by atoms with Gasteiger partial charge in [-0.25, -0.2) is 4.79 Å². The van der Waals surface area contributed by atoms with Crippen LogP contribution in [0, 0.1) is 6.92 Å². The van der Waals surface area contributed by atoms with Gasteiger partial charge in [-0.1, -0.05) is 6.07 Å². The lowest BCUT2D eigenvalue weighted by atomic mass is 10.1. The molecule has 1 aromatic carbocycles. The van der Waals surface area contributed by atoms with Gasteiger partial charge >= 0.3 is 5.97 Å². The molecule has 1 amide bonds. The van der Waals surface area contributed by atoms with Gasteiger partial charge in [0, 0.05) is 0 Å². The highest BCUT2D eigenvalue weighted by Crippen LogP contribution is 2.18. The smallest absolute Gasteiger partial charge is 0.331 e. The number of methoxy groups -OCH3 is 1. The number of hydrogen-bond acceptors (Lipinski definition) is 5. The number of esters is 1. The van der Waals surface area contributed by atoms with Crippen LogP contribution in [0.4, 0.5) is 0 Å². The highest BCUT2D eigenvalue weighted by Gasteiger charge is 2.27. The molecule has 0 fully saturated rings. The van der Waals surface area contributed by atoms with Crippen LogP contribution >= 0.6 is 0 Å². The average molecular weight is 267 g/mol. The standard InChI is InChI=1S/C13H17NO5/c1-7-4-5-9(10(16)6-7)12(17)14-11(8(2)15)13(18)19-3/h4-6,8,11,15-16H,1-3H3,(H,14,17). The van der Waals surface area contributed by atoms with E-state index in [4.69, 9.17) is 0 Å². The van der Waals surface area contributed by atoms with Gasteiger partial charge in [-0.05, 0) is 31.5 Å². The zero-order valence-electron chi connectivity index (χ0n) is 11.0. The number of amides is 1. The molecule has 104 valence electrons. The zero-order chi connectivity index (χ0) is 14.6. The van der Waals surface area contributed by atoms with Crippen molar-refractivity contribution in [3.8, 4) is 5.75 Å². The van der Waals surface area contributed by atoms with E-state index in [1.165, 1.54) is 19.1 Å². The Morgan fingerprint density at radius 2 is 2.00 bits per heavy atom. The van der Waals surface area contributed by atoms with E-state index in [1.54, 1.807) is 13.0 Å². The fraction of sp³-hybridized carbons (Fsp3) is 0.385. The average Bonchev–Trinajstić information content (AvgIpc) is 2.34. The summed E-state index contributed by atoms with van der Waals surface area (Å²) in [6, 6.07) is 3.35. The minimum atomic E-state index is -1.18. The molecule has 1 rings (SSSR count). The molecule has 6 heteroatoms. The number of ether oxygens (including phenoxy) is 1. The van der Waals surface area contributed by atoms with Gasteiger partial charge in [0.2, 0.25) is 0 Å². The number of hydrogen-bond donors (Lipinski definition) is 3. The van der Waals surface area contributed by atoms with Crippen molar-refractivity contribution in [2.75, 3.05) is 7.11 Å². The summed E-state index contributed by atoms with van der Waals surface area (Å²) in [6.45, 7) is 3.13. The number of aryl methyl sites for hydroxylation is 1. The Labute approximate surface area is 111 Å². The Morgan fingerprint density at radius 3 is 2.47 bits per heavy atom. The van der Waals surface area contributed by atoms with Crippen LogP contribution in [-0.4, -0.2) is 41.3 Å². The molecule has 19 heavy (non-hydrogen) atoms. The number of rotatable bonds is 4. The Balaban J connectivity index is 2.91. The third-order valence-electron chi connectivity index (χ3n) is 2.62. The van der Waals surface area contributed by atoms with Crippen molar-refractivity contribution in [2.24, 2.45) is 0 Å². The van der Waals surface area contributed by atoms with Crippen molar-refractivity contribution in [3.05, 3.63) is 29.3 Å². The first-order chi connectivity index (χ1) is 8.86. The van der Waals surface area contributed by atoms with Gasteiger partial charge in [-0.2, -0.15) is 0 Å². The van der Waals surface area contributed by atoms with Crippen LogP contribution in [0.3, 0.4) is 0 Å². The maximum atomic E-state index is 11.9. The second kappa shape index (κ2) is 6.19. The number of phenolic OH excluding ortho intramolecular Hbond substituents is 1. The number of carbonyl (C=O) groups excluding carboxylic acids is 2. The minimum absolute atomic E-state index is 0.0279. The summed E-state index contributed by atoms with van der Waals surface area (Å²) >= 11 is 0. The van der Waals surface area contributed by atoms with Crippen LogP contribution in [0.2, 0.25) is 0 Å². The minimum Gasteiger partial charge on any atom is -0.507 e. The van der Waals surface area contributed by atoms with E-state index in [2.05, 4.69) is 10.1 Å². The molecule has 0 heterocycles. The summed E-state index contributed by atoms with van der Waals surface area (Å²) in [6.07, 6.45) is -1.11. The lowest BCUT2D eigenvalue weighted by molar-refractivity contribution is -0.145. The summed E-state index contributed by atoms with van der Waals surface area (Å²) in [4.78, 5) is 23.3. The quantitative estimate of drug-likeness (QED) is 0.684. The number of benzene rings is 1. The second-order valence-electron chi connectivity index (χ2n) is 4.24. The van der Waals surface area contributed by atoms with Crippen molar-refractivity contribution >= 4 is 11.9 Å². The molecule has 0 aliphatic rings. The molecule has 0 bridgehead atoms. The summed E-state index contributed by atoms with van der Waals surface area (Å²) in [5, 5.41) is 21.4. The van der Waals surface area contributed by atoms with E-state index >= 15 is 0 Å². The third kappa shape index (κ3) is 3.69. The van der Waals surface area contributed by atoms with Gasteiger partial charge < -0.3 is 20.3 Å². The summed E-state index contributed by atoms with van der Waals surface area (Å²) < 4.78 is 4.48. The lowest BCUT2D eigenvalue weighted by Gasteiger charge is -2.19. The first-order valence-corrected chi connectivity index (χ1v) is 5.73. The van der Waals surface area contributed by atoms with Crippen molar-refractivity contribution in [1.82, 2.24) is 5.32 Å². The third-order valence-corrected chi connectivity index (χ3v) is 2.62. The summed E-state index contributed by atoms with van der Waals surface area (Å²) in [7, 11) is 1.16. The molecule has 3 N–H and O–H groups in total. The predicted octanol–water partition coefficient (Wildman–Crippen LogP) is 0.353. The normalized spacial score (nSPS) is 13.5. The molecule has 6 nitrogen and oxygen atoms in total. The van der Waals surface area contributed by atoms with Gasteiger partial charge in [0.1, 0.15) is 5.75 Å². The van der Waals surface area contributed by atoms with E-state index in [9.17, 15) is 19.8 Å². The predicted molar refractivity (Wildman–Crippen MR) is 67.8 cm³/mol. The van der Waals surface area contributed by atoms with Gasteiger partial charge in [0.25, 0.3) is 5.91 Å². The topological polar surface area (TPSA) is 95.9 Å². The first kappa shape index (κ1) is 15.0. The molecule has 0 saturated heterocycles. The van der Waals surface area contributed by atoms with Crippen LogP contribution in [-0.2, 0) is 9.53 Å². The Morgan fingerprint density at radius 1 is 1.37 bits per heavy atom. The Kier molecular flexibility index (Phi) is 4.88. The SMILES string of the molecule is COC(=O)C(NC(=O)c1ccc(C)cc1O)C(C)O. The maximum absolute atomic E-state index is 11.9. The number of nitrogens with one attached hydrogen (secondary N) is 1. The van der Waals surface area contributed by atoms with E-state index in [0.717, 1.165) is 12.7 Å². The largest absolute Gasteiger partial charge is 0.507 e. The highest BCUT2D eigenvalue weighted by atomic mass is 16.5. The van der Waals surface area contributed by atoms with E-state index < -0.39 is 24.0 Å². The Bertz CT molecular complexity index is 484. The van der Waals surface area contributed by atoms with Crippen molar-refractivity contribution in [1.29, 1.82) is 0 Å². The molecule has 0 spiro atoms. The molecule has 0 saturated carbocycles. The van der Waals surface area contributed by atoms with Gasteiger partial charge in [0.15, 0.2) is 6.04 Å². The van der Waals surface area contributed by atoms with E-state index in [-0.39, 0.29) is 11.3 Å². The highest BCUT2D eigenvalue weighted by molar-refractivity contribution is 5.99. The van der Waals surface area contributed by atoms with E-state index in [0.29, 0.717) is 0 Å². The van der Waals surface area contributed by atoms with Crippen molar-refractivity contribution < 1.29 is 24.5 Å². The molecule has 0 radical (unpaired) electrons. The van der Waals surface area contributed by atoms with E-state index in [1.807, 2.05) is 0 Å². The molecule has 1 aromatic rings. The van der Waals surface area contributed by atoms with Gasteiger partial charge in [-0.15, -0.1) is 0 Å². The number of phenols is 1. The Hall–Kier alpha value is -2.08. The molecular formula is C13H17NO5. The van der Waals surface area contributed by atoms with Crippen LogP contribution < -0.4 is 5.32 Å². The van der Waals surface area contributed by atoms with Gasteiger partial charge in [0.05, 0.1) is 18.8 Å². The number of carbonyl (C=O) groups is 2. The summed E-state index contributed by atoms with van der Waals surface area (Å²) in [5.74, 6) is -1.60. The lowest BCUT2D eigenvalue weighted by Crippen LogP contribution is -2.48. The number of aliphatic hydroxyl groups excluding tert-OH is 1. The van der Waals surface area contributed by atoms with Crippen LogP contribution in [0.15, 0.2) is 18.2 Å². The first-order valence-electron chi connectivity index (χ1n) is 5.73. The molecule has 0 aromatic heterocycles. The van der Waals surface area contributed by atoms with Crippen molar-refractivity contribution in [2.45, 2.75) is 26.0 Å². The van der Waals surface area contributed by atoms with Crippen LogP contribution in [0.1, 0.15) is 22.8 Å². The number of aliphatic hydroxyl groups is 1. The van der Waals surface area contributed by atoms with Crippen LogP contribution in [0.25, 0.3) is 0 Å². The maximum Gasteiger partial charge on any atom is 0.331 e. The molecule has 2 atom stereocenters. The second-order valence-corrected chi connectivity index (χ2v) is 4.24. The van der Waals surface area contributed by atoms with Crippen molar-refractivity contribution in [3.63, 3.8) is 0 Å². The fourth-order valence-electron chi connectivity index (χ4n) is 1.56. The summed E-state index contributed by atoms with van der Waals surface area (Å²) in [5.41, 5.74) is 0.828. The molecular weight excluding hydrogens is 250 g/mol. The molecule has 0 aliphatic heterocycles. The monoisotopic (exact) mass is 267 g/mol.